The van der Waals surface area contributed by atoms with Crippen molar-refractivity contribution in [1.82, 2.24) is 14.7 Å². The molecule has 0 unspecified atom stereocenters. The van der Waals surface area contributed by atoms with Crippen molar-refractivity contribution in [3.63, 3.8) is 0 Å². The van der Waals surface area contributed by atoms with Crippen molar-refractivity contribution in [2.75, 3.05) is 19.7 Å². The van der Waals surface area contributed by atoms with Crippen LogP contribution in [0.3, 0.4) is 0 Å². The highest BCUT2D eigenvalue weighted by molar-refractivity contribution is 5.12. The van der Waals surface area contributed by atoms with Gasteiger partial charge in [0, 0.05) is 38.0 Å². The van der Waals surface area contributed by atoms with E-state index in [0.29, 0.717) is 12.1 Å². The van der Waals surface area contributed by atoms with E-state index in [4.69, 9.17) is 4.74 Å². The molecule has 18 heavy (non-hydrogen) atoms. The first kappa shape index (κ1) is 12.2. The van der Waals surface area contributed by atoms with Gasteiger partial charge in [-0.05, 0) is 38.6 Å². The van der Waals surface area contributed by atoms with E-state index in [1.807, 2.05) is 17.9 Å². The summed E-state index contributed by atoms with van der Waals surface area (Å²) in [5, 5.41) is 4.30. The number of aryl methyl sites for hydroxylation is 1. The number of ether oxygens (including phenoxy) is 1. The largest absolute Gasteiger partial charge is 0.377 e. The van der Waals surface area contributed by atoms with Crippen LogP contribution in [0.2, 0.25) is 0 Å². The first-order valence-corrected chi connectivity index (χ1v) is 7.17. The van der Waals surface area contributed by atoms with Crippen LogP contribution in [0, 0.1) is 0 Å². The van der Waals surface area contributed by atoms with Crippen LogP contribution in [0.4, 0.5) is 0 Å². The lowest BCUT2D eigenvalue weighted by molar-refractivity contribution is -0.00806. The summed E-state index contributed by atoms with van der Waals surface area (Å²) < 4.78 is 7.77. The van der Waals surface area contributed by atoms with Crippen molar-refractivity contribution >= 4 is 0 Å². The fraction of sp³-hybridized carbons (Fsp3) is 0.786. The van der Waals surface area contributed by atoms with E-state index in [2.05, 4.69) is 16.2 Å². The van der Waals surface area contributed by atoms with Crippen molar-refractivity contribution in [3.8, 4) is 0 Å². The van der Waals surface area contributed by atoms with Crippen LogP contribution in [0.15, 0.2) is 12.4 Å². The van der Waals surface area contributed by atoms with Gasteiger partial charge in [0.25, 0.3) is 0 Å². The lowest BCUT2D eigenvalue weighted by atomic mass is 10.1. The minimum Gasteiger partial charge on any atom is -0.377 e. The molecule has 3 heterocycles. The van der Waals surface area contributed by atoms with Crippen molar-refractivity contribution < 1.29 is 4.74 Å². The molecule has 0 amide bonds. The van der Waals surface area contributed by atoms with Gasteiger partial charge in [0.05, 0.1) is 12.3 Å². The second-order valence-corrected chi connectivity index (χ2v) is 5.59. The molecule has 2 aliphatic heterocycles. The quantitative estimate of drug-likeness (QED) is 0.822. The Bertz CT molecular complexity index is 384. The highest BCUT2D eigenvalue weighted by Gasteiger charge is 2.29. The first-order chi connectivity index (χ1) is 8.83. The molecule has 3 rings (SSSR count). The number of rotatable bonds is 3. The monoisotopic (exact) mass is 249 g/mol. The van der Waals surface area contributed by atoms with E-state index in [-0.39, 0.29) is 0 Å². The summed E-state index contributed by atoms with van der Waals surface area (Å²) in [6.07, 6.45) is 11.0. The van der Waals surface area contributed by atoms with E-state index in [9.17, 15) is 0 Å². The molecule has 4 nitrogen and oxygen atoms in total. The second kappa shape index (κ2) is 5.41. The van der Waals surface area contributed by atoms with Gasteiger partial charge in [-0.2, -0.15) is 5.10 Å². The molecule has 100 valence electrons. The summed E-state index contributed by atoms with van der Waals surface area (Å²) in [6.45, 7) is 3.26. The average Bonchev–Trinajstić information content (AvgIpc) is 2.99. The molecule has 1 aromatic rings. The van der Waals surface area contributed by atoms with Crippen LogP contribution < -0.4 is 0 Å². The summed E-state index contributed by atoms with van der Waals surface area (Å²) in [7, 11) is 1.99. The molecule has 0 aliphatic carbocycles. The van der Waals surface area contributed by atoms with Gasteiger partial charge in [0.1, 0.15) is 0 Å². The SMILES string of the molecule is Cn1cc([C@H]2CCCN2C[C@@H]2CCCCO2)cn1. The predicted molar refractivity (Wildman–Crippen MR) is 70.3 cm³/mol. The van der Waals surface area contributed by atoms with E-state index in [0.717, 1.165) is 13.2 Å². The molecule has 0 bridgehead atoms. The molecular formula is C14H23N3O. The molecule has 1 aromatic heterocycles. The van der Waals surface area contributed by atoms with Gasteiger partial charge in [-0.25, -0.2) is 0 Å². The summed E-state index contributed by atoms with van der Waals surface area (Å²) in [5.41, 5.74) is 1.37. The van der Waals surface area contributed by atoms with E-state index < -0.39 is 0 Å². The predicted octanol–water partition coefficient (Wildman–Crippen LogP) is 2.13. The third kappa shape index (κ3) is 2.59. The summed E-state index contributed by atoms with van der Waals surface area (Å²) >= 11 is 0. The standard InChI is InChI=1S/C14H23N3O/c1-16-10-12(9-15-16)14-6-4-7-17(14)11-13-5-2-3-8-18-13/h9-10,13-14H,2-8,11H2,1H3/t13-,14+/m0/s1. The second-order valence-electron chi connectivity index (χ2n) is 5.59. The molecule has 2 fully saturated rings. The lowest BCUT2D eigenvalue weighted by Crippen LogP contribution is -2.35. The molecule has 0 aromatic carbocycles. The maximum Gasteiger partial charge on any atom is 0.0702 e. The van der Waals surface area contributed by atoms with Gasteiger partial charge >= 0.3 is 0 Å². The Kier molecular flexibility index (Phi) is 3.66. The normalized spacial score (nSPS) is 29.8. The summed E-state index contributed by atoms with van der Waals surface area (Å²) in [4.78, 5) is 2.59. The third-order valence-corrected chi connectivity index (χ3v) is 4.19. The van der Waals surface area contributed by atoms with E-state index >= 15 is 0 Å². The van der Waals surface area contributed by atoms with E-state index in [1.54, 1.807) is 0 Å². The zero-order valence-corrected chi connectivity index (χ0v) is 11.2. The Morgan fingerprint density at radius 1 is 1.33 bits per heavy atom. The Morgan fingerprint density at radius 3 is 3.00 bits per heavy atom. The topological polar surface area (TPSA) is 30.3 Å². The van der Waals surface area contributed by atoms with Gasteiger partial charge < -0.3 is 4.74 Å². The molecule has 0 N–H and O–H groups in total. The highest BCUT2D eigenvalue weighted by Crippen LogP contribution is 2.32. The van der Waals surface area contributed by atoms with E-state index in [1.165, 1.54) is 44.2 Å². The first-order valence-electron chi connectivity index (χ1n) is 7.17. The van der Waals surface area contributed by atoms with Crippen molar-refractivity contribution in [2.24, 2.45) is 7.05 Å². The number of likely N-dealkylation sites (tertiary alicyclic amines) is 1. The van der Waals surface area contributed by atoms with Crippen LogP contribution in [0.25, 0.3) is 0 Å². The third-order valence-electron chi connectivity index (χ3n) is 4.19. The fourth-order valence-corrected chi connectivity index (χ4v) is 3.25. The van der Waals surface area contributed by atoms with Crippen molar-refractivity contribution in [3.05, 3.63) is 18.0 Å². The number of hydrogen-bond acceptors (Lipinski definition) is 3. The van der Waals surface area contributed by atoms with Gasteiger partial charge in [-0.3, -0.25) is 9.58 Å². The molecule has 4 heteroatoms. The smallest absolute Gasteiger partial charge is 0.0702 e. The van der Waals surface area contributed by atoms with Crippen LogP contribution in [0.5, 0.6) is 0 Å². The lowest BCUT2D eigenvalue weighted by Gasteiger charge is -2.30. The number of nitrogens with zero attached hydrogens (tertiary/aromatic N) is 3. The maximum absolute atomic E-state index is 5.87. The van der Waals surface area contributed by atoms with Crippen LogP contribution in [0.1, 0.15) is 43.7 Å². The van der Waals surface area contributed by atoms with Crippen LogP contribution in [-0.2, 0) is 11.8 Å². The Labute approximate surface area is 109 Å². The number of hydrogen-bond donors (Lipinski definition) is 0. The van der Waals surface area contributed by atoms with Gasteiger partial charge in [0.15, 0.2) is 0 Å². The minimum atomic E-state index is 0.455. The van der Waals surface area contributed by atoms with Gasteiger partial charge in [-0.1, -0.05) is 0 Å². The molecular weight excluding hydrogens is 226 g/mol. The zero-order chi connectivity index (χ0) is 12.4. The number of aromatic nitrogens is 2. The summed E-state index contributed by atoms with van der Waals surface area (Å²) in [5.74, 6) is 0. The molecule has 0 radical (unpaired) electrons. The molecule has 0 saturated carbocycles. The van der Waals surface area contributed by atoms with Gasteiger partial charge in [-0.15, -0.1) is 0 Å². The van der Waals surface area contributed by atoms with Crippen molar-refractivity contribution in [2.45, 2.75) is 44.2 Å². The maximum atomic E-state index is 5.87. The van der Waals surface area contributed by atoms with Gasteiger partial charge in [0.2, 0.25) is 0 Å². The fourth-order valence-electron chi connectivity index (χ4n) is 3.25. The Morgan fingerprint density at radius 2 is 2.28 bits per heavy atom. The average molecular weight is 249 g/mol. The van der Waals surface area contributed by atoms with Crippen LogP contribution in [-0.4, -0.2) is 40.5 Å². The molecule has 2 atom stereocenters. The summed E-state index contributed by atoms with van der Waals surface area (Å²) in [6, 6.07) is 0.559. The minimum absolute atomic E-state index is 0.455. The highest BCUT2D eigenvalue weighted by atomic mass is 16.5. The molecule has 2 aliphatic rings. The van der Waals surface area contributed by atoms with Crippen molar-refractivity contribution in [1.29, 1.82) is 0 Å². The van der Waals surface area contributed by atoms with Crippen LogP contribution >= 0.6 is 0 Å². The molecule has 0 spiro atoms. The Balaban J connectivity index is 1.63. The zero-order valence-electron chi connectivity index (χ0n) is 11.2. The Hall–Kier alpha value is -0.870. The molecule has 2 saturated heterocycles.